The number of amides is 4. The quantitative estimate of drug-likeness (QED) is 0.0504. The first kappa shape index (κ1) is 43.9. The van der Waals surface area contributed by atoms with Crippen LogP contribution < -0.4 is 26.2 Å². The Morgan fingerprint density at radius 2 is 1.30 bits per heavy atom. The summed E-state index contributed by atoms with van der Waals surface area (Å²) in [5.41, 5.74) is 7.50. The summed E-state index contributed by atoms with van der Waals surface area (Å²) in [5, 5.41) is 8.69. The molecule has 54 heavy (non-hydrogen) atoms. The molecule has 3 atom stereocenters. The van der Waals surface area contributed by atoms with Crippen molar-refractivity contribution in [3.8, 4) is 5.75 Å². The van der Waals surface area contributed by atoms with Crippen LogP contribution in [0.25, 0.3) is 0 Å². The van der Waals surface area contributed by atoms with Gasteiger partial charge in [0.25, 0.3) is 0 Å². The van der Waals surface area contributed by atoms with Crippen LogP contribution in [0.15, 0.2) is 84.9 Å². The van der Waals surface area contributed by atoms with E-state index in [2.05, 4.69) is 16.0 Å². The second kappa shape index (κ2) is 24.0. The van der Waals surface area contributed by atoms with Gasteiger partial charge >= 0.3 is 7.82 Å². The van der Waals surface area contributed by atoms with E-state index in [-0.39, 0.29) is 55.4 Å². The maximum Gasteiger partial charge on any atom is 0.530 e. The van der Waals surface area contributed by atoms with Gasteiger partial charge in [0.2, 0.25) is 23.6 Å². The van der Waals surface area contributed by atoms with Crippen LogP contribution in [-0.4, -0.2) is 42.3 Å². The highest BCUT2D eigenvalue weighted by Gasteiger charge is 2.31. The van der Waals surface area contributed by atoms with Crippen molar-refractivity contribution in [1.82, 2.24) is 16.0 Å². The summed E-state index contributed by atoms with van der Waals surface area (Å²) in [5.74, 6) is -1.34. The van der Waals surface area contributed by atoms with Crippen molar-refractivity contribution in [3.05, 3.63) is 102 Å². The predicted octanol–water partition coefficient (Wildman–Crippen LogP) is 6.91. The SMILES string of the molecule is CCCCCC(=O)N[C@@H](Cc1ccc(OP(=O)(OCc2ccccc2)OCc2ccccc2)cc1)C(=O)N[C@H](C(=O)NCCCCCC(N)=O)[C@@H](C)CC. The van der Waals surface area contributed by atoms with E-state index < -0.39 is 25.8 Å². The van der Waals surface area contributed by atoms with Gasteiger partial charge in [-0.1, -0.05) is 119 Å². The summed E-state index contributed by atoms with van der Waals surface area (Å²) in [6.07, 6.45) is 5.93. The van der Waals surface area contributed by atoms with Crippen molar-refractivity contribution in [2.45, 2.75) is 110 Å². The summed E-state index contributed by atoms with van der Waals surface area (Å²) in [7, 11) is -4.10. The molecule has 0 heterocycles. The molecular weight excluding hydrogens is 707 g/mol. The fourth-order valence-corrected chi connectivity index (χ4v) is 6.66. The molecule has 3 aromatic rings. The van der Waals surface area contributed by atoms with Crippen molar-refractivity contribution in [2.75, 3.05) is 6.54 Å². The van der Waals surface area contributed by atoms with E-state index in [1.54, 1.807) is 24.3 Å². The van der Waals surface area contributed by atoms with Crippen LogP contribution in [0, 0.1) is 5.92 Å². The van der Waals surface area contributed by atoms with Crippen LogP contribution in [0.1, 0.15) is 95.2 Å². The van der Waals surface area contributed by atoms with Gasteiger partial charge in [0.15, 0.2) is 0 Å². The summed E-state index contributed by atoms with van der Waals surface area (Å²) in [6.45, 7) is 6.29. The minimum Gasteiger partial charge on any atom is -0.404 e. The average molecular weight is 765 g/mol. The first-order chi connectivity index (χ1) is 26.0. The summed E-state index contributed by atoms with van der Waals surface area (Å²) in [4.78, 5) is 51.0. The van der Waals surface area contributed by atoms with Gasteiger partial charge in [-0.3, -0.25) is 28.2 Å². The number of phosphoric ester groups is 1. The topological polar surface area (TPSA) is 175 Å². The number of primary amides is 1. The fraction of sp³-hybridized carbons (Fsp3) is 0.463. The lowest BCUT2D eigenvalue weighted by atomic mass is 9.97. The van der Waals surface area contributed by atoms with Gasteiger partial charge in [-0.05, 0) is 54.0 Å². The largest absolute Gasteiger partial charge is 0.530 e. The smallest absolute Gasteiger partial charge is 0.404 e. The molecule has 5 N–H and O–H groups in total. The Labute approximate surface area is 319 Å². The van der Waals surface area contributed by atoms with Crippen molar-refractivity contribution in [1.29, 1.82) is 0 Å². The molecule has 0 saturated heterocycles. The molecule has 0 saturated carbocycles. The van der Waals surface area contributed by atoms with Crippen LogP contribution in [0.5, 0.6) is 5.75 Å². The average Bonchev–Trinajstić information content (AvgIpc) is 3.17. The maximum absolute atomic E-state index is 13.9. The Bertz CT molecular complexity index is 1580. The molecule has 4 amide bonds. The van der Waals surface area contributed by atoms with E-state index in [9.17, 15) is 23.7 Å². The number of carbonyl (C=O) groups is 4. The van der Waals surface area contributed by atoms with Crippen molar-refractivity contribution in [2.24, 2.45) is 11.7 Å². The van der Waals surface area contributed by atoms with E-state index in [0.717, 1.165) is 30.4 Å². The van der Waals surface area contributed by atoms with E-state index in [4.69, 9.17) is 19.3 Å². The number of hydrogen-bond donors (Lipinski definition) is 4. The zero-order valence-electron chi connectivity index (χ0n) is 31.8. The Hall–Kier alpha value is -4.51. The number of hydrogen-bond acceptors (Lipinski definition) is 8. The van der Waals surface area contributed by atoms with Crippen LogP contribution in [-0.2, 0) is 52.4 Å². The highest BCUT2D eigenvalue weighted by molar-refractivity contribution is 7.48. The van der Waals surface area contributed by atoms with Crippen LogP contribution in [0.2, 0.25) is 0 Å². The zero-order chi connectivity index (χ0) is 39.2. The molecule has 13 heteroatoms. The molecule has 0 radical (unpaired) electrons. The highest BCUT2D eigenvalue weighted by atomic mass is 31.2. The van der Waals surface area contributed by atoms with Crippen molar-refractivity contribution >= 4 is 31.5 Å². The van der Waals surface area contributed by atoms with E-state index in [0.29, 0.717) is 44.2 Å². The predicted molar refractivity (Wildman–Crippen MR) is 209 cm³/mol. The summed E-state index contributed by atoms with van der Waals surface area (Å²) >= 11 is 0. The van der Waals surface area contributed by atoms with Gasteiger partial charge in [0.1, 0.15) is 17.8 Å². The van der Waals surface area contributed by atoms with Gasteiger partial charge in [0, 0.05) is 25.8 Å². The minimum atomic E-state index is -4.10. The number of carbonyl (C=O) groups excluding carboxylic acids is 4. The molecule has 0 spiro atoms. The lowest BCUT2D eigenvalue weighted by Crippen LogP contribution is -2.56. The molecule has 0 aliphatic carbocycles. The Morgan fingerprint density at radius 3 is 1.85 bits per heavy atom. The van der Waals surface area contributed by atoms with Gasteiger partial charge < -0.3 is 26.2 Å². The number of nitrogens with one attached hydrogen (secondary N) is 3. The van der Waals surface area contributed by atoms with Crippen molar-refractivity contribution < 1.29 is 37.3 Å². The standard InChI is InChI=1S/C41H57N4O8P/c1-4-6-10-22-38(47)44-36(40(48)45-39(31(3)5-2)41(49)43-27-16-9-15-21-37(42)46)28-32-23-25-35(26-24-32)53-54(50,51-29-33-17-11-7-12-18-33)52-30-34-19-13-8-14-20-34/h7-8,11-14,17-20,23-26,31,36,39H,4-6,9-10,15-16,21-22,27-30H2,1-3H3,(H2,42,46)(H,43,49)(H,44,47)(H,45,48)/t31-,36-,39-/m0/s1. The molecule has 0 aromatic heterocycles. The number of phosphoric acid groups is 1. The second-order valence-corrected chi connectivity index (χ2v) is 15.0. The molecule has 0 unspecified atom stereocenters. The van der Waals surface area contributed by atoms with E-state index in [1.807, 2.05) is 81.4 Å². The monoisotopic (exact) mass is 764 g/mol. The molecule has 0 fully saturated rings. The maximum atomic E-state index is 13.9. The Morgan fingerprint density at radius 1 is 0.704 bits per heavy atom. The van der Waals surface area contributed by atoms with Gasteiger partial charge in [-0.2, -0.15) is 0 Å². The van der Waals surface area contributed by atoms with Crippen molar-refractivity contribution in [3.63, 3.8) is 0 Å². The van der Waals surface area contributed by atoms with E-state index >= 15 is 0 Å². The Balaban J connectivity index is 1.73. The molecule has 0 aliphatic heterocycles. The molecule has 12 nitrogen and oxygen atoms in total. The van der Waals surface area contributed by atoms with Gasteiger partial charge in [-0.15, -0.1) is 0 Å². The normalized spacial score (nSPS) is 12.9. The number of unbranched alkanes of at least 4 members (excludes halogenated alkanes) is 4. The van der Waals surface area contributed by atoms with E-state index in [1.165, 1.54) is 0 Å². The molecule has 294 valence electrons. The lowest BCUT2D eigenvalue weighted by Gasteiger charge is -2.27. The first-order valence-corrected chi connectivity index (χ1v) is 20.4. The lowest BCUT2D eigenvalue weighted by molar-refractivity contribution is -0.133. The third kappa shape index (κ3) is 16.7. The Kier molecular flexibility index (Phi) is 19.5. The molecule has 0 bridgehead atoms. The first-order valence-electron chi connectivity index (χ1n) is 18.9. The molecule has 3 rings (SSSR count). The fourth-order valence-electron chi connectivity index (χ4n) is 5.49. The third-order valence-electron chi connectivity index (χ3n) is 8.90. The number of nitrogens with two attached hydrogens (primary N) is 1. The minimum absolute atomic E-state index is 0.00631. The summed E-state index contributed by atoms with van der Waals surface area (Å²) in [6, 6.07) is 23.4. The second-order valence-electron chi connectivity index (χ2n) is 13.4. The van der Waals surface area contributed by atoms with Gasteiger partial charge in [0.05, 0.1) is 13.2 Å². The third-order valence-corrected chi connectivity index (χ3v) is 10.2. The highest BCUT2D eigenvalue weighted by Crippen LogP contribution is 2.51. The van der Waals surface area contributed by atoms with Crippen LogP contribution in [0.3, 0.4) is 0 Å². The van der Waals surface area contributed by atoms with Crippen LogP contribution >= 0.6 is 7.82 Å². The van der Waals surface area contributed by atoms with Gasteiger partial charge in [-0.25, -0.2) is 4.57 Å². The summed E-state index contributed by atoms with van der Waals surface area (Å²) < 4.78 is 31.2. The number of rotatable bonds is 26. The molecule has 3 aromatic carbocycles. The molecule has 0 aliphatic rings. The van der Waals surface area contributed by atoms with Crippen LogP contribution in [0.4, 0.5) is 0 Å². The number of benzene rings is 3. The molecular formula is C41H57N4O8P. The zero-order valence-corrected chi connectivity index (χ0v) is 32.7.